The van der Waals surface area contributed by atoms with Crippen molar-refractivity contribution < 1.29 is 9.84 Å². The van der Waals surface area contributed by atoms with E-state index in [1.165, 1.54) is 19.3 Å². The lowest BCUT2D eigenvalue weighted by Gasteiger charge is -2.24. The molecule has 1 aliphatic carbocycles. The number of benzene rings is 1. The van der Waals surface area contributed by atoms with E-state index in [-0.39, 0.29) is 0 Å². The van der Waals surface area contributed by atoms with Crippen LogP contribution in [0.2, 0.25) is 0 Å². The molecule has 26 heavy (non-hydrogen) atoms. The average molecular weight is 417 g/mol. The number of aromatic nitrogens is 4. The van der Waals surface area contributed by atoms with E-state index in [0.717, 1.165) is 22.1 Å². The molecule has 3 aromatic rings. The molecule has 1 fully saturated rings. The van der Waals surface area contributed by atoms with Crippen LogP contribution in [0, 0.1) is 5.92 Å². The fourth-order valence-electron chi connectivity index (χ4n) is 3.19. The number of halogens is 1. The van der Waals surface area contributed by atoms with Crippen LogP contribution in [0.1, 0.15) is 44.3 Å². The van der Waals surface area contributed by atoms with Crippen molar-refractivity contribution in [1.29, 1.82) is 0 Å². The van der Waals surface area contributed by atoms with Crippen molar-refractivity contribution in [3.63, 3.8) is 0 Å². The number of aliphatic hydroxyl groups excluding tert-OH is 1. The molecular formula is C19H21BrN4O2. The Morgan fingerprint density at radius 2 is 2.19 bits per heavy atom. The highest BCUT2D eigenvalue weighted by atomic mass is 79.9. The van der Waals surface area contributed by atoms with Crippen molar-refractivity contribution in [3.8, 4) is 11.6 Å². The number of hydrogen-bond acceptors (Lipinski definition) is 5. The van der Waals surface area contributed by atoms with Gasteiger partial charge in [0.25, 0.3) is 0 Å². The van der Waals surface area contributed by atoms with E-state index in [0.29, 0.717) is 29.5 Å². The molecule has 0 amide bonds. The van der Waals surface area contributed by atoms with Gasteiger partial charge in [-0.2, -0.15) is 0 Å². The lowest BCUT2D eigenvalue weighted by molar-refractivity contribution is 0.169. The largest absolute Gasteiger partial charge is 0.437 e. The molecule has 2 aromatic heterocycles. The van der Waals surface area contributed by atoms with Gasteiger partial charge in [0.15, 0.2) is 0 Å². The standard InChI is InChI=1S/C19H21BrN4O2/c1-2-15(25)13-7-4-10-21-19(13)26-16-9-8-14-18(17(16)20)22-23-24(14)11-12-5-3-6-12/h4,7-10,12,15,25H,2-3,5-6,11H2,1H3. The van der Waals surface area contributed by atoms with Crippen molar-refractivity contribution in [2.45, 2.75) is 45.3 Å². The zero-order valence-corrected chi connectivity index (χ0v) is 16.2. The molecule has 1 aliphatic rings. The van der Waals surface area contributed by atoms with Gasteiger partial charge in [0.05, 0.1) is 16.1 Å². The zero-order chi connectivity index (χ0) is 18.1. The summed E-state index contributed by atoms with van der Waals surface area (Å²) < 4.78 is 8.72. The van der Waals surface area contributed by atoms with E-state index in [1.54, 1.807) is 12.3 Å². The Balaban J connectivity index is 1.65. The summed E-state index contributed by atoms with van der Waals surface area (Å²) in [5.74, 6) is 1.72. The lowest BCUT2D eigenvalue weighted by atomic mass is 9.85. The molecule has 0 spiro atoms. The van der Waals surface area contributed by atoms with E-state index in [4.69, 9.17) is 4.74 Å². The van der Waals surface area contributed by atoms with Crippen LogP contribution in [0.15, 0.2) is 34.9 Å². The van der Waals surface area contributed by atoms with Crippen LogP contribution in [0.3, 0.4) is 0 Å². The minimum absolute atomic E-state index is 0.406. The number of ether oxygens (including phenoxy) is 1. The number of hydrogen-bond donors (Lipinski definition) is 1. The van der Waals surface area contributed by atoms with Gasteiger partial charge in [0.1, 0.15) is 11.3 Å². The monoisotopic (exact) mass is 416 g/mol. The second kappa shape index (κ2) is 7.32. The highest BCUT2D eigenvalue weighted by molar-refractivity contribution is 9.10. The number of pyridine rings is 1. The molecular weight excluding hydrogens is 396 g/mol. The summed E-state index contributed by atoms with van der Waals surface area (Å²) in [6, 6.07) is 7.50. The first kappa shape index (κ1) is 17.4. The van der Waals surface area contributed by atoms with Crippen molar-refractivity contribution >= 4 is 27.0 Å². The Morgan fingerprint density at radius 1 is 1.35 bits per heavy atom. The Kier molecular flexibility index (Phi) is 4.91. The van der Waals surface area contributed by atoms with Gasteiger partial charge in [-0.05, 0) is 65.4 Å². The zero-order valence-electron chi connectivity index (χ0n) is 14.6. The molecule has 0 radical (unpaired) electrons. The molecule has 2 heterocycles. The number of nitrogens with zero attached hydrogens (tertiary/aromatic N) is 4. The minimum Gasteiger partial charge on any atom is -0.437 e. The molecule has 0 aliphatic heterocycles. The summed E-state index contributed by atoms with van der Waals surface area (Å²) in [5, 5.41) is 18.8. The van der Waals surface area contributed by atoms with Crippen molar-refractivity contribution in [1.82, 2.24) is 20.0 Å². The van der Waals surface area contributed by atoms with Gasteiger partial charge in [0.2, 0.25) is 5.88 Å². The highest BCUT2D eigenvalue weighted by Gasteiger charge is 2.21. The third-order valence-corrected chi connectivity index (χ3v) is 5.77. The summed E-state index contributed by atoms with van der Waals surface area (Å²) in [6.45, 7) is 2.83. The molecule has 1 atom stereocenters. The fraction of sp³-hybridized carbons (Fsp3) is 0.421. The fourth-order valence-corrected chi connectivity index (χ4v) is 3.68. The number of rotatable bonds is 6. The summed E-state index contributed by atoms with van der Waals surface area (Å²) in [7, 11) is 0. The van der Waals surface area contributed by atoms with Crippen molar-refractivity contribution in [3.05, 3.63) is 40.5 Å². The highest BCUT2D eigenvalue weighted by Crippen LogP contribution is 2.37. The minimum atomic E-state index is -0.607. The third kappa shape index (κ3) is 3.21. The average Bonchev–Trinajstić information content (AvgIpc) is 3.04. The molecule has 1 aromatic carbocycles. The molecule has 0 bridgehead atoms. The quantitative estimate of drug-likeness (QED) is 0.634. The van der Waals surface area contributed by atoms with Crippen LogP contribution in [0.5, 0.6) is 11.6 Å². The van der Waals surface area contributed by atoms with Crippen LogP contribution in [-0.4, -0.2) is 25.1 Å². The molecule has 1 saturated carbocycles. The second-order valence-electron chi connectivity index (χ2n) is 6.74. The normalized spacial score (nSPS) is 15.8. The van der Waals surface area contributed by atoms with Crippen LogP contribution in [-0.2, 0) is 6.54 Å². The second-order valence-corrected chi connectivity index (χ2v) is 7.53. The molecule has 1 unspecified atom stereocenters. The Hall–Kier alpha value is -1.99. The molecule has 4 rings (SSSR count). The third-order valence-electron chi connectivity index (χ3n) is 5.00. The van der Waals surface area contributed by atoms with Crippen molar-refractivity contribution in [2.75, 3.05) is 0 Å². The van der Waals surface area contributed by atoms with Crippen LogP contribution in [0.25, 0.3) is 11.0 Å². The van der Waals surface area contributed by atoms with Crippen LogP contribution >= 0.6 is 15.9 Å². The maximum absolute atomic E-state index is 10.2. The molecule has 1 N–H and O–H groups in total. The predicted octanol–water partition coefficient (Wildman–Crippen LogP) is 4.62. The van der Waals surface area contributed by atoms with E-state index in [1.807, 2.05) is 29.8 Å². The Morgan fingerprint density at radius 3 is 2.92 bits per heavy atom. The van der Waals surface area contributed by atoms with E-state index >= 15 is 0 Å². The van der Waals surface area contributed by atoms with E-state index in [2.05, 4.69) is 31.2 Å². The maximum Gasteiger partial charge on any atom is 0.225 e. The maximum atomic E-state index is 10.2. The summed E-state index contributed by atoms with van der Waals surface area (Å²) in [4.78, 5) is 4.28. The number of fused-ring (bicyclic) bond motifs is 1. The van der Waals surface area contributed by atoms with Crippen LogP contribution in [0.4, 0.5) is 0 Å². The predicted molar refractivity (Wildman–Crippen MR) is 102 cm³/mol. The Labute approximate surface area is 160 Å². The molecule has 6 nitrogen and oxygen atoms in total. The lowest BCUT2D eigenvalue weighted by Crippen LogP contribution is -2.18. The van der Waals surface area contributed by atoms with Gasteiger partial charge in [-0.15, -0.1) is 5.10 Å². The first-order chi connectivity index (χ1) is 12.7. The summed E-state index contributed by atoms with van der Waals surface area (Å²) >= 11 is 3.60. The van der Waals surface area contributed by atoms with Gasteiger partial charge in [0, 0.05) is 18.3 Å². The van der Waals surface area contributed by atoms with Gasteiger partial charge in [-0.1, -0.05) is 18.6 Å². The summed E-state index contributed by atoms with van der Waals surface area (Å²) in [5.41, 5.74) is 2.44. The number of aliphatic hydroxyl groups is 1. The van der Waals surface area contributed by atoms with Crippen LogP contribution < -0.4 is 4.74 Å². The molecule has 0 saturated heterocycles. The first-order valence-corrected chi connectivity index (χ1v) is 9.79. The van der Waals surface area contributed by atoms with E-state index < -0.39 is 6.10 Å². The van der Waals surface area contributed by atoms with Gasteiger partial charge in [-0.25, -0.2) is 9.67 Å². The SMILES string of the molecule is CCC(O)c1cccnc1Oc1ccc2c(nnn2CC2CCC2)c1Br. The van der Waals surface area contributed by atoms with Gasteiger partial charge in [-0.3, -0.25) is 0 Å². The van der Waals surface area contributed by atoms with E-state index in [9.17, 15) is 5.11 Å². The topological polar surface area (TPSA) is 73.1 Å². The Bertz CT molecular complexity index is 923. The van der Waals surface area contributed by atoms with Gasteiger partial charge < -0.3 is 9.84 Å². The smallest absolute Gasteiger partial charge is 0.225 e. The molecule has 7 heteroatoms. The first-order valence-electron chi connectivity index (χ1n) is 9.00. The van der Waals surface area contributed by atoms with Crippen molar-refractivity contribution in [2.24, 2.45) is 5.92 Å². The van der Waals surface area contributed by atoms with Gasteiger partial charge >= 0.3 is 0 Å². The summed E-state index contributed by atoms with van der Waals surface area (Å²) in [6.07, 6.45) is 5.50. The molecule has 136 valence electrons.